The van der Waals surface area contributed by atoms with Crippen molar-refractivity contribution in [3.8, 4) is 0 Å². The van der Waals surface area contributed by atoms with Gasteiger partial charge in [0, 0.05) is 19.4 Å². The first-order valence-corrected chi connectivity index (χ1v) is 22.8. The number of nitrogens with one attached hydrogen (secondary N) is 3. The SMILES string of the molecule is CCC1(CC)NC(=O)[C@H](CCCCCC(=O)[C@@H](C)O[Si](c2ccccc2)(c2ccccc2)C(C)(C)C)NC(=O)[C@H]2CCCN2C(=O)[C@H](Cc2ccccc2)NC1=O. The zero-order valence-corrected chi connectivity index (χ0v) is 35.6. The van der Waals surface area contributed by atoms with Gasteiger partial charge < -0.3 is 25.3 Å². The largest absolute Gasteiger partial charge is 0.398 e. The fourth-order valence-corrected chi connectivity index (χ4v) is 13.2. The highest BCUT2D eigenvalue weighted by atomic mass is 28.4. The Kier molecular flexibility index (Phi) is 14.7. The van der Waals surface area contributed by atoms with Gasteiger partial charge >= 0.3 is 0 Å². The van der Waals surface area contributed by atoms with Crippen LogP contribution in [-0.2, 0) is 34.8 Å². The van der Waals surface area contributed by atoms with Crippen LogP contribution in [0.4, 0.5) is 0 Å². The first-order chi connectivity index (χ1) is 27.3. The van der Waals surface area contributed by atoms with Gasteiger partial charge in [0.1, 0.15) is 29.8 Å². The normalized spacial score (nSPS) is 21.0. The number of carbonyl (C=O) groups is 5. The fourth-order valence-electron chi connectivity index (χ4n) is 8.56. The minimum atomic E-state index is -2.91. The molecule has 0 saturated carbocycles. The van der Waals surface area contributed by atoms with Crippen LogP contribution in [-0.4, -0.2) is 78.9 Å². The summed E-state index contributed by atoms with van der Waals surface area (Å²) < 4.78 is 7.04. The van der Waals surface area contributed by atoms with Crippen LogP contribution < -0.4 is 26.3 Å². The van der Waals surface area contributed by atoms with Crippen LogP contribution in [0.25, 0.3) is 0 Å². The summed E-state index contributed by atoms with van der Waals surface area (Å²) >= 11 is 0. The van der Waals surface area contributed by atoms with Crippen molar-refractivity contribution < 1.29 is 28.4 Å². The predicted molar refractivity (Wildman–Crippen MR) is 226 cm³/mol. The molecule has 57 heavy (non-hydrogen) atoms. The molecule has 0 aliphatic carbocycles. The lowest BCUT2D eigenvalue weighted by atomic mass is 9.89. The van der Waals surface area contributed by atoms with Crippen LogP contribution >= 0.6 is 0 Å². The molecule has 3 N–H and O–H groups in total. The van der Waals surface area contributed by atoms with E-state index in [-0.39, 0.29) is 29.1 Å². The highest BCUT2D eigenvalue weighted by Crippen LogP contribution is 2.37. The van der Waals surface area contributed by atoms with Gasteiger partial charge in [0.2, 0.25) is 23.6 Å². The van der Waals surface area contributed by atoms with Crippen LogP contribution in [0, 0.1) is 0 Å². The van der Waals surface area contributed by atoms with Crippen LogP contribution in [0.5, 0.6) is 0 Å². The minimum Gasteiger partial charge on any atom is -0.398 e. The van der Waals surface area contributed by atoms with Gasteiger partial charge in [-0.3, -0.25) is 24.0 Å². The lowest BCUT2D eigenvalue weighted by Crippen LogP contribution is -2.68. The Hall–Kier alpha value is -4.61. The first-order valence-electron chi connectivity index (χ1n) is 20.9. The molecule has 2 fully saturated rings. The third-order valence-electron chi connectivity index (χ3n) is 12.0. The van der Waals surface area contributed by atoms with Gasteiger partial charge in [-0.05, 0) is 66.4 Å². The van der Waals surface area contributed by atoms with E-state index < -0.39 is 49.9 Å². The van der Waals surface area contributed by atoms with E-state index in [1.54, 1.807) is 4.90 Å². The molecule has 0 aromatic heterocycles. The van der Waals surface area contributed by atoms with Gasteiger partial charge in [-0.1, -0.05) is 138 Å². The summed E-state index contributed by atoms with van der Waals surface area (Å²) in [5.74, 6) is -1.48. The van der Waals surface area contributed by atoms with Crippen molar-refractivity contribution in [1.82, 2.24) is 20.9 Å². The number of hydrogen-bond acceptors (Lipinski definition) is 6. The minimum absolute atomic E-state index is 0.0262. The molecule has 2 aliphatic heterocycles. The number of hydrogen-bond donors (Lipinski definition) is 3. The Morgan fingerprint density at radius 3 is 1.95 bits per heavy atom. The number of carbonyl (C=O) groups excluding carboxylic acids is 5. The van der Waals surface area contributed by atoms with Crippen LogP contribution in [0.2, 0.25) is 5.04 Å². The van der Waals surface area contributed by atoms with Gasteiger partial charge in [0.05, 0.1) is 0 Å². The van der Waals surface area contributed by atoms with Gasteiger partial charge in [-0.25, -0.2) is 0 Å². The smallest absolute Gasteiger partial charge is 0.262 e. The van der Waals surface area contributed by atoms with E-state index in [1.807, 2.05) is 87.5 Å². The van der Waals surface area contributed by atoms with E-state index in [2.05, 4.69) is 61.0 Å². The number of unbranched alkanes of at least 4 members (excludes halogenated alkanes) is 2. The monoisotopic (exact) mass is 794 g/mol. The van der Waals surface area contributed by atoms with E-state index >= 15 is 0 Å². The molecule has 3 aromatic rings. The highest BCUT2D eigenvalue weighted by molar-refractivity contribution is 6.99. The molecule has 5 rings (SSSR count). The standard InChI is InChI=1S/C46H62N4O6Si/c1-7-46(8-2)44(55)48-38(32-34-22-13-9-14-23-34)43(54)50-31-21-29-39(50)42(53)47-37(41(52)49-46)28-19-12-20-30-40(51)33(3)56-57(45(4,5)6,35-24-15-10-16-25-35)36-26-17-11-18-27-36/h9-11,13-18,22-27,33,37-39H,7-8,12,19-21,28-32H2,1-6H3,(H,47,53)(H,48,55)(H,49,52)/t33-,37+,38+,39-/m1/s1. The molecule has 3 aromatic carbocycles. The van der Waals surface area contributed by atoms with E-state index in [0.717, 1.165) is 15.9 Å². The summed E-state index contributed by atoms with van der Waals surface area (Å²) in [6.45, 7) is 12.5. The van der Waals surface area contributed by atoms with E-state index in [0.29, 0.717) is 64.3 Å². The zero-order valence-electron chi connectivity index (χ0n) is 34.6. The Balaban J connectivity index is 1.26. The Bertz CT molecular complexity index is 1790. The van der Waals surface area contributed by atoms with Gasteiger partial charge in [0.15, 0.2) is 5.78 Å². The second-order valence-corrected chi connectivity index (χ2v) is 21.0. The second-order valence-electron chi connectivity index (χ2n) is 16.7. The van der Waals surface area contributed by atoms with Crippen molar-refractivity contribution in [3.05, 3.63) is 96.6 Å². The zero-order chi connectivity index (χ0) is 41.2. The van der Waals surface area contributed by atoms with Crippen molar-refractivity contribution in [2.45, 2.75) is 141 Å². The number of Topliss-reactive ketones (excluding diaryl/α,β-unsaturated/α-hetero) is 1. The molecule has 4 atom stereocenters. The lowest BCUT2D eigenvalue weighted by Gasteiger charge is -2.44. The molecule has 11 heteroatoms. The lowest BCUT2D eigenvalue weighted by molar-refractivity contribution is -0.145. The molecule has 0 unspecified atom stereocenters. The molecule has 2 saturated heterocycles. The molecule has 2 aliphatic rings. The number of rotatable bonds is 15. The molecule has 10 nitrogen and oxygen atoms in total. The molecular weight excluding hydrogens is 733 g/mol. The van der Waals surface area contributed by atoms with Crippen molar-refractivity contribution >= 4 is 48.1 Å². The number of amides is 4. The topological polar surface area (TPSA) is 134 Å². The maximum atomic E-state index is 14.1. The van der Waals surface area contributed by atoms with Gasteiger partial charge in [-0.2, -0.15) is 0 Å². The molecular formula is C46H62N4O6Si. The number of benzene rings is 3. The van der Waals surface area contributed by atoms with Gasteiger partial charge in [-0.15, -0.1) is 0 Å². The second kappa shape index (κ2) is 19.2. The number of nitrogens with zero attached hydrogens (tertiary/aromatic N) is 1. The number of ketones is 1. The van der Waals surface area contributed by atoms with Crippen molar-refractivity contribution in [3.63, 3.8) is 0 Å². The maximum absolute atomic E-state index is 14.1. The molecule has 4 amide bonds. The summed E-state index contributed by atoms with van der Waals surface area (Å²) in [5, 5.41) is 10.9. The van der Waals surface area contributed by atoms with Crippen molar-refractivity contribution in [2.24, 2.45) is 0 Å². The average molecular weight is 795 g/mol. The Labute approximate surface area is 340 Å². The summed E-state index contributed by atoms with van der Waals surface area (Å²) in [4.78, 5) is 71.4. The molecule has 0 spiro atoms. The Morgan fingerprint density at radius 2 is 1.39 bits per heavy atom. The van der Waals surface area contributed by atoms with Crippen LogP contribution in [0.3, 0.4) is 0 Å². The molecule has 0 radical (unpaired) electrons. The van der Waals surface area contributed by atoms with Crippen molar-refractivity contribution in [1.29, 1.82) is 0 Å². The predicted octanol–water partition coefficient (Wildman–Crippen LogP) is 5.36. The van der Waals surface area contributed by atoms with E-state index in [1.165, 1.54) is 0 Å². The first kappa shape index (κ1) is 43.5. The summed E-state index contributed by atoms with van der Waals surface area (Å²) in [7, 11) is -2.91. The van der Waals surface area contributed by atoms with E-state index in [4.69, 9.17) is 4.43 Å². The van der Waals surface area contributed by atoms with E-state index in [9.17, 15) is 24.0 Å². The van der Waals surface area contributed by atoms with Crippen molar-refractivity contribution in [2.75, 3.05) is 6.54 Å². The summed E-state index contributed by atoms with van der Waals surface area (Å²) in [6.07, 6.45) is 3.83. The Morgan fingerprint density at radius 1 is 0.807 bits per heavy atom. The van der Waals surface area contributed by atoms with Gasteiger partial charge in [0.25, 0.3) is 8.32 Å². The van der Waals surface area contributed by atoms with Crippen LogP contribution in [0.1, 0.15) is 105 Å². The number of fused-ring (bicyclic) bond motifs is 1. The van der Waals surface area contributed by atoms with Crippen LogP contribution in [0.15, 0.2) is 91.0 Å². The molecule has 2 heterocycles. The summed E-state index contributed by atoms with van der Waals surface area (Å²) in [5.41, 5.74) is -0.388. The third kappa shape index (κ3) is 9.92. The third-order valence-corrected chi connectivity index (χ3v) is 17.1. The highest BCUT2D eigenvalue weighted by Gasteiger charge is 2.51. The summed E-state index contributed by atoms with van der Waals surface area (Å²) in [6, 6.07) is 27.5. The molecule has 0 bridgehead atoms. The fraction of sp³-hybridized carbons (Fsp3) is 0.500. The maximum Gasteiger partial charge on any atom is 0.262 e. The molecule has 306 valence electrons. The quantitative estimate of drug-likeness (QED) is 0.140. The average Bonchev–Trinajstić information content (AvgIpc) is 3.71.